The number of non-ortho nitro benzene ring substituents is 1. The number of nitrogens with zero attached hydrogens (tertiary/aromatic N) is 2. The monoisotopic (exact) mass is 274 g/mol. The van der Waals surface area contributed by atoms with Crippen LogP contribution in [0.15, 0.2) is 29.2 Å². The van der Waals surface area contributed by atoms with E-state index in [2.05, 4.69) is 0 Å². The lowest BCUT2D eigenvalue weighted by atomic mass is 10.3. The van der Waals surface area contributed by atoms with Gasteiger partial charge < -0.3 is 0 Å². The summed E-state index contributed by atoms with van der Waals surface area (Å²) >= 11 is 5.43. The molecule has 0 heterocycles. The van der Waals surface area contributed by atoms with E-state index >= 15 is 0 Å². The summed E-state index contributed by atoms with van der Waals surface area (Å²) in [5.41, 5.74) is -0.202. The highest BCUT2D eigenvalue weighted by Crippen LogP contribution is 2.18. The molecule has 0 saturated heterocycles. The molecule has 90 valence electrons. The van der Waals surface area contributed by atoms with Crippen molar-refractivity contribution in [3.8, 4) is 6.07 Å². The minimum absolute atomic E-state index is 0.0935. The summed E-state index contributed by atoms with van der Waals surface area (Å²) in [4.78, 5) is 9.66. The molecule has 0 bridgehead atoms. The van der Waals surface area contributed by atoms with Gasteiger partial charge in [-0.15, -0.1) is 11.6 Å². The molecule has 1 rings (SSSR count). The van der Waals surface area contributed by atoms with Crippen molar-refractivity contribution >= 4 is 27.1 Å². The van der Waals surface area contributed by atoms with Crippen LogP contribution in [0.25, 0.3) is 0 Å². The fraction of sp³-hybridized carbons (Fsp3) is 0.222. The third-order valence-corrected chi connectivity index (χ3v) is 4.11. The predicted molar refractivity (Wildman–Crippen MR) is 60.4 cm³/mol. The van der Waals surface area contributed by atoms with Crippen LogP contribution in [0.4, 0.5) is 5.69 Å². The van der Waals surface area contributed by atoms with E-state index in [-0.39, 0.29) is 10.6 Å². The van der Waals surface area contributed by atoms with Gasteiger partial charge in [0.2, 0.25) is 0 Å². The summed E-state index contributed by atoms with van der Waals surface area (Å²) in [6.45, 7) is 0. The van der Waals surface area contributed by atoms with Gasteiger partial charge in [0.25, 0.3) is 5.69 Å². The second-order valence-electron chi connectivity index (χ2n) is 3.13. The number of benzene rings is 1. The summed E-state index contributed by atoms with van der Waals surface area (Å²) in [5.74, 6) is -0.525. The van der Waals surface area contributed by atoms with Gasteiger partial charge in [0.15, 0.2) is 9.84 Å². The van der Waals surface area contributed by atoms with Gasteiger partial charge in [-0.2, -0.15) is 5.26 Å². The first kappa shape index (κ1) is 13.4. The van der Waals surface area contributed by atoms with E-state index < -0.39 is 25.9 Å². The molecule has 17 heavy (non-hydrogen) atoms. The van der Waals surface area contributed by atoms with Gasteiger partial charge in [-0.25, -0.2) is 8.42 Å². The Hall–Kier alpha value is -1.65. The van der Waals surface area contributed by atoms with Gasteiger partial charge >= 0.3 is 0 Å². The maximum absolute atomic E-state index is 11.7. The van der Waals surface area contributed by atoms with Gasteiger partial charge in [0.05, 0.1) is 21.6 Å². The number of hydrogen-bond donors (Lipinski definition) is 0. The standard InChI is InChI=1S/C9H7ClN2O4S/c10-7(5-11)6-17(15,16)9-3-1-8(2-4-9)12(13)14/h1-4,7H,6H2. The summed E-state index contributed by atoms with van der Waals surface area (Å²) in [5, 5.41) is 17.7. The third-order valence-electron chi connectivity index (χ3n) is 1.91. The van der Waals surface area contributed by atoms with Gasteiger partial charge in [-0.1, -0.05) is 0 Å². The molecular formula is C9H7ClN2O4S. The average molecular weight is 275 g/mol. The molecule has 0 N–H and O–H groups in total. The Morgan fingerprint density at radius 3 is 2.35 bits per heavy atom. The number of rotatable bonds is 4. The highest BCUT2D eigenvalue weighted by molar-refractivity contribution is 7.91. The van der Waals surface area contributed by atoms with Crippen LogP contribution >= 0.6 is 11.6 Å². The Balaban J connectivity index is 3.01. The van der Waals surface area contributed by atoms with Crippen molar-refractivity contribution in [2.24, 2.45) is 0 Å². The predicted octanol–water partition coefficient (Wildman–Crippen LogP) is 1.50. The maximum Gasteiger partial charge on any atom is 0.269 e. The van der Waals surface area contributed by atoms with Crippen LogP contribution in [-0.4, -0.2) is 24.5 Å². The molecule has 8 heteroatoms. The molecule has 0 aliphatic carbocycles. The van der Waals surface area contributed by atoms with Crippen molar-refractivity contribution in [1.82, 2.24) is 0 Å². The smallest absolute Gasteiger partial charge is 0.258 e. The van der Waals surface area contributed by atoms with Crippen LogP contribution in [0.2, 0.25) is 0 Å². The van der Waals surface area contributed by atoms with E-state index in [1.807, 2.05) is 0 Å². The first-order chi connectivity index (χ1) is 7.86. The van der Waals surface area contributed by atoms with E-state index in [4.69, 9.17) is 16.9 Å². The zero-order valence-electron chi connectivity index (χ0n) is 8.41. The van der Waals surface area contributed by atoms with Crippen molar-refractivity contribution in [2.45, 2.75) is 10.3 Å². The Labute approximate surface area is 103 Å². The second-order valence-corrected chi connectivity index (χ2v) is 5.69. The lowest BCUT2D eigenvalue weighted by Crippen LogP contribution is -2.15. The molecular weight excluding hydrogens is 268 g/mol. The summed E-state index contributed by atoms with van der Waals surface area (Å²) < 4.78 is 23.4. The molecule has 1 atom stereocenters. The minimum atomic E-state index is -3.69. The first-order valence-electron chi connectivity index (χ1n) is 4.38. The second kappa shape index (κ2) is 5.12. The molecule has 0 amide bonds. The van der Waals surface area contributed by atoms with E-state index in [1.165, 1.54) is 0 Å². The Morgan fingerprint density at radius 1 is 1.41 bits per heavy atom. The molecule has 0 aliphatic rings. The number of halogens is 1. The molecule has 0 saturated carbocycles. The average Bonchev–Trinajstić information content (AvgIpc) is 2.28. The fourth-order valence-corrected chi connectivity index (χ4v) is 2.80. The lowest BCUT2D eigenvalue weighted by molar-refractivity contribution is -0.384. The van der Waals surface area contributed by atoms with Crippen LogP contribution < -0.4 is 0 Å². The van der Waals surface area contributed by atoms with Crippen molar-refractivity contribution in [3.05, 3.63) is 34.4 Å². The van der Waals surface area contributed by atoms with Crippen LogP contribution in [0.5, 0.6) is 0 Å². The molecule has 1 unspecified atom stereocenters. The number of nitro benzene ring substituents is 1. The van der Waals surface area contributed by atoms with Gasteiger partial charge in [-0.3, -0.25) is 10.1 Å². The number of hydrogen-bond acceptors (Lipinski definition) is 5. The normalized spacial score (nSPS) is 12.7. The molecule has 0 fully saturated rings. The number of alkyl halides is 1. The third kappa shape index (κ3) is 3.41. The van der Waals surface area contributed by atoms with E-state index in [9.17, 15) is 18.5 Å². The Kier molecular flexibility index (Phi) is 4.04. The van der Waals surface area contributed by atoms with E-state index in [1.54, 1.807) is 6.07 Å². The van der Waals surface area contributed by atoms with Crippen molar-refractivity contribution in [2.75, 3.05) is 5.75 Å². The van der Waals surface area contributed by atoms with Crippen molar-refractivity contribution in [3.63, 3.8) is 0 Å². The van der Waals surface area contributed by atoms with Gasteiger partial charge in [-0.05, 0) is 12.1 Å². The summed E-state index contributed by atoms with van der Waals surface area (Å²) in [7, 11) is -3.69. The van der Waals surface area contributed by atoms with Crippen molar-refractivity contribution in [1.29, 1.82) is 5.26 Å². The Bertz CT molecular complexity index is 562. The van der Waals surface area contributed by atoms with E-state index in [0.717, 1.165) is 24.3 Å². The van der Waals surface area contributed by atoms with Crippen LogP contribution in [0, 0.1) is 21.4 Å². The summed E-state index contributed by atoms with van der Waals surface area (Å²) in [6.07, 6.45) is 0. The molecule has 0 radical (unpaired) electrons. The zero-order valence-corrected chi connectivity index (χ0v) is 9.98. The van der Waals surface area contributed by atoms with Crippen molar-refractivity contribution < 1.29 is 13.3 Å². The van der Waals surface area contributed by atoms with Crippen LogP contribution in [-0.2, 0) is 9.84 Å². The molecule has 1 aromatic carbocycles. The highest BCUT2D eigenvalue weighted by Gasteiger charge is 2.20. The molecule has 0 aliphatic heterocycles. The summed E-state index contributed by atoms with van der Waals surface area (Å²) in [6, 6.07) is 6.01. The first-order valence-corrected chi connectivity index (χ1v) is 6.46. The number of nitriles is 1. The van der Waals surface area contributed by atoms with Gasteiger partial charge in [0.1, 0.15) is 5.38 Å². The molecule has 0 spiro atoms. The number of nitro groups is 1. The highest BCUT2D eigenvalue weighted by atomic mass is 35.5. The number of sulfone groups is 1. The lowest BCUT2D eigenvalue weighted by Gasteiger charge is -2.03. The zero-order chi connectivity index (χ0) is 13.1. The molecule has 6 nitrogen and oxygen atoms in total. The minimum Gasteiger partial charge on any atom is -0.258 e. The largest absolute Gasteiger partial charge is 0.269 e. The van der Waals surface area contributed by atoms with Crippen LogP contribution in [0.1, 0.15) is 0 Å². The quantitative estimate of drug-likeness (QED) is 0.470. The SMILES string of the molecule is N#CC(Cl)CS(=O)(=O)c1ccc([N+](=O)[O-])cc1. The Morgan fingerprint density at radius 2 is 1.94 bits per heavy atom. The van der Waals surface area contributed by atoms with Crippen LogP contribution in [0.3, 0.4) is 0 Å². The fourth-order valence-electron chi connectivity index (χ4n) is 1.10. The topological polar surface area (TPSA) is 101 Å². The van der Waals surface area contributed by atoms with E-state index in [0.29, 0.717) is 0 Å². The molecule has 0 aromatic heterocycles. The van der Waals surface area contributed by atoms with Gasteiger partial charge in [0, 0.05) is 12.1 Å². The maximum atomic E-state index is 11.7. The molecule has 1 aromatic rings.